The minimum absolute atomic E-state index is 0.0832. The van der Waals surface area contributed by atoms with E-state index >= 15 is 0 Å². The van der Waals surface area contributed by atoms with Crippen LogP contribution in [0.25, 0.3) is 0 Å². The van der Waals surface area contributed by atoms with Gasteiger partial charge in [0.25, 0.3) is 0 Å². The predicted molar refractivity (Wildman–Crippen MR) is 78.9 cm³/mol. The summed E-state index contributed by atoms with van der Waals surface area (Å²) in [5.74, 6) is -0.324. The maximum absolute atomic E-state index is 11.3. The summed E-state index contributed by atoms with van der Waals surface area (Å²) in [5.41, 5.74) is 3.79. The van der Waals surface area contributed by atoms with Crippen LogP contribution in [0.5, 0.6) is 0 Å². The first-order chi connectivity index (χ1) is 9.75. The molecule has 1 aliphatic rings. The number of benzene rings is 2. The molecule has 0 unspecified atom stereocenters. The summed E-state index contributed by atoms with van der Waals surface area (Å²) in [5, 5.41) is 9.26. The second kappa shape index (κ2) is 5.49. The maximum Gasteiger partial charge on any atom is 0.303 e. The van der Waals surface area contributed by atoms with Crippen LogP contribution < -0.4 is 0 Å². The number of carbonyl (C=O) groups is 1. The highest BCUT2D eigenvalue weighted by Crippen LogP contribution is 2.44. The third kappa shape index (κ3) is 2.46. The first-order valence-corrected chi connectivity index (χ1v) is 7.10. The van der Waals surface area contributed by atoms with Crippen LogP contribution in [-0.4, -0.2) is 11.1 Å². The van der Waals surface area contributed by atoms with Crippen molar-refractivity contribution in [3.63, 3.8) is 0 Å². The number of carboxylic acid groups (broad SMARTS) is 1. The van der Waals surface area contributed by atoms with Crippen LogP contribution in [0.4, 0.5) is 0 Å². The Labute approximate surface area is 119 Å². The van der Waals surface area contributed by atoms with Crippen molar-refractivity contribution < 1.29 is 9.90 Å². The van der Waals surface area contributed by atoms with E-state index in [1.807, 2.05) is 30.3 Å². The molecule has 0 amide bonds. The van der Waals surface area contributed by atoms with E-state index in [-0.39, 0.29) is 12.3 Å². The number of carboxylic acids is 1. The highest BCUT2D eigenvalue weighted by Gasteiger charge is 2.31. The molecular weight excluding hydrogens is 248 g/mol. The lowest BCUT2D eigenvalue weighted by molar-refractivity contribution is -0.137. The summed E-state index contributed by atoms with van der Waals surface area (Å²) in [6, 6.07) is 18.6. The standard InChI is InChI=1S/C18H18O2/c19-18(20)12-17-15-9-5-4-8-14(15)10-11-16(17)13-6-2-1-3-7-13/h1-9,16-17H,10-12H2,(H,19,20)/t16-,17+/m1/s1. The first-order valence-electron chi connectivity index (χ1n) is 7.10. The zero-order chi connectivity index (χ0) is 13.9. The van der Waals surface area contributed by atoms with Gasteiger partial charge in [-0.15, -0.1) is 0 Å². The van der Waals surface area contributed by atoms with E-state index in [1.54, 1.807) is 0 Å². The topological polar surface area (TPSA) is 37.3 Å². The number of hydrogen-bond donors (Lipinski definition) is 1. The fourth-order valence-corrected chi connectivity index (χ4v) is 3.39. The Morgan fingerprint density at radius 1 is 1.05 bits per heavy atom. The summed E-state index contributed by atoms with van der Waals surface area (Å²) in [4.78, 5) is 11.3. The normalized spacial score (nSPS) is 21.2. The summed E-state index contributed by atoms with van der Waals surface area (Å²) < 4.78 is 0. The Bertz CT molecular complexity index is 604. The highest BCUT2D eigenvalue weighted by molar-refractivity contribution is 5.68. The third-order valence-corrected chi connectivity index (χ3v) is 4.29. The van der Waals surface area contributed by atoms with E-state index in [2.05, 4.69) is 24.3 Å². The molecule has 0 saturated heterocycles. The van der Waals surface area contributed by atoms with Crippen molar-refractivity contribution in [1.29, 1.82) is 0 Å². The summed E-state index contributed by atoms with van der Waals surface area (Å²) in [6.07, 6.45) is 2.27. The van der Waals surface area contributed by atoms with Crippen molar-refractivity contribution in [2.75, 3.05) is 0 Å². The molecule has 1 N–H and O–H groups in total. The van der Waals surface area contributed by atoms with Crippen molar-refractivity contribution in [2.45, 2.75) is 31.1 Å². The lowest BCUT2D eigenvalue weighted by Crippen LogP contribution is -2.21. The number of rotatable bonds is 3. The minimum atomic E-state index is -0.715. The fraction of sp³-hybridized carbons (Fsp3) is 0.278. The Hall–Kier alpha value is -2.09. The second-order valence-corrected chi connectivity index (χ2v) is 5.46. The van der Waals surface area contributed by atoms with Crippen molar-refractivity contribution in [1.82, 2.24) is 0 Å². The first kappa shape index (κ1) is 12.9. The molecule has 1 aliphatic carbocycles. The third-order valence-electron chi connectivity index (χ3n) is 4.29. The average Bonchev–Trinajstić information content (AvgIpc) is 2.48. The molecule has 3 rings (SSSR count). The largest absolute Gasteiger partial charge is 0.481 e. The van der Waals surface area contributed by atoms with Crippen LogP contribution in [0.1, 0.15) is 41.4 Å². The number of fused-ring (bicyclic) bond motifs is 1. The van der Waals surface area contributed by atoms with Gasteiger partial charge in [-0.1, -0.05) is 54.6 Å². The van der Waals surface area contributed by atoms with Crippen molar-refractivity contribution in [3.05, 3.63) is 71.3 Å². The molecule has 0 heterocycles. The van der Waals surface area contributed by atoms with Crippen LogP contribution in [0, 0.1) is 0 Å². The van der Waals surface area contributed by atoms with E-state index in [1.165, 1.54) is 16.7 Å². The molecule has 0 bridgehead atoms. The van der Waals surface area contributed by atoms with E-state index in [4.69, 9.17) is 0 Å². The molecule has 0 radical (unpaired) electrons. The maximum atomic E-state index is 11.3. The van der Waals surface area contributed by atoms with Gasteiger partial charge in [-0.05, 0) is 35.4 Å². The molecule has 0 saturated carbocycles. The molecule has 20 heavy (non-hydrogen) atoms. The molecule has 2 heteroatoms. The van der Waals surface area contributed by atoms with Gasteiger partial charge in [0, 0.05) is 5.92 Å². The summed E-state index contributed by atoms with van der Waals surface area (Å²) in [7, 11) is 0. The Kier molecular flexibility index (Phi) is 3.55. The van der Waals surface area contributed by atoms with Gasteiger partial charge >= 0.3 is 5.97 Å². The van der Waals surface area contributed by atoms with Gasteiger partial charge in [0.05, 0.1) is 6.42 Å². The smallest absolute Gasteiger partial charge is 0.303 e. The predicted octanol–water partition coefficient (Wildman–Crippen LogP) is 3.97. The SMILES string of the molecule is O=C(O)C[C@H]1c2ccccc2CC[C@@H]1c1ccccc1. The molecule has 2 aromatic rings. The van der Waals surface area contributed by atoms with Gasteiger partial charge in [0.2, 0.25) is 0 Å². The molecule has 2 aromatic carbocycles. The quantitative estimate of drug-likeness (QED) is 0.912. The molecule has 102 valence electrons. The Balaban J connectivity index is 2.01. The van der Waals surface area contributed by atoms with Crippen LogP contribution in [0.2, 0.25) is 0 Å². The highest BCUT2D eigenvalue weighted by atomic mass is 16.4. The van der Waals surface area contributed by atoms with Gasteiger partial charge < -0.3 is 5.11 Å². The van der Waals surface area contributed by atoms with Gasteiger partial charge in [-0.2, -0.15) is 0 Å². The minimum Gasteiger partial charge on any atom is -0.481 e. The number of aliphatic carboxylic acids is 1. The molecule has 0 fully saturated rings. The van der Waals surface area contributed by atoms with Crippen LogP contribution >= 0.6 is 0 Å². The average molecular weight is 266 g/mol. The van der Waals surface area contributed by atoms with Crippen molar-refractivity contribution in [2.24, 2.45) is 0 Å². The van der Waals surface area contributed by atoms with Gasteiger partial charge in [0.1, 0.15) is 0 Å². The lowest BCUT2D eigenvalue weighted by Gasteiger charge is -2.33. The van der Waals surface area contributed by atoms with E-state index in [9.17, 15) is 9.90 Å². The van der Waals surface area contributed by atoms with Crippen molar-refractivity contribution >= 4 is 5.97 Å². The van der Waals surface area contributed by atoms with E-state index in [0.717, 1.165) is 12.8 Å². The van der Waals surface area contributed by atoms with Gasteiger partial charge in [0.15, 0.2) is 0 Å². The van der Waals surface area contributed by atoms with Crippen LogP contribution in [0.15, 0.2) is 54.6 Å². The summed E-state index contributed by atoms with van der Waals surface area (Å²) >= 11 is 0. The van der Waals surface area contributed by atoms with E-state index in [0.29, 0.717) is 5.92 Å². The lowest BCUT2D eigenvalue weighted by atomic mass is 9.71. The number of aryl methyl sites for hydroxylation is 1. The zero-order valence-electron chi connectivity index (χ0n) is 11.3. The van der Waals surface area contributed by atoms with Gasteiger partial charge in [-0.3, -0.25) is 4.79 Å². The van der Waals surface area contributed by atoms with Gasteiger partial charge in [-0.25, -0.2) is 0 Å². The Morgan fingerprint density at radius 3 is 2.50 bits per heavy atom. The fourth-order valence-electron chi connectivity index (χ4n) is 3.39. The zero-order valence-corrected chi connectivity index (χ0v) is 11.3. The second-order valence-electron chi connectivity index (χ2n) is 5.46. The molecule has 0 spiro atoms. The van der Waals surface area contributed by atoms with Crippen molar-refractivity contribution in [3.8, 4) is 0 Å². The van der Waals surface area contributed by atoms with Crippen LogP contribution in [-0.2, 0) is 11.2 Å². The molecule has 0 aliphatic heterocycles. The summed E-state index contributed by atoms with van der Waals surface area (Å²) in [6.45, 7) is 0. The Morgan fingerprint density at radius 2 is 1.75 bits per heavy atom. The number of hydrogen-bond acceptors (Lipinski definition) is 1. The molecule has 2 atom stereocenters. The molecule has 2 nitrogen and oxygen atoms in total. The van der Waals surface area contributed by atoms with E-state index < -0.39 is 5.97 Å². The van der Waals surface area contributed by atoms with Crippen LogP contribution in [0.3, 0.4) is 0 Å². The monoisotopic (exact) mass is 266 g/mol. The molecule has 0 aromatic heterocycles. The molecular formula is C18H18O2.